The quantitative estimate of drug-likeness (QED) is 0.722. The highest BCUT2D eigenvalue weighted by atomic mass is 32.2. The lowest BCUT2D eigenvalue weighted by molar-refractivity contribution is -0.138. The van der Waals surface area contributed by atoms with E-state index >= 15 is 0 Å². The largest absolute Gasteiger partial charge is 0.480 e. The summed E-state index contributed by atoms with van der Waals surface area (Å²) in [5.74, 6) is -1.47. The molecule has 2 atom stereocenters. The summed E-state index contributed by atoms with van der Waals surface area (Å²) in [6, 6.07) is 16.1. The zero-order chi connectivity index (χ0) is 17.7. The van der Waals surface area contributed by atoms with Gasteiger partial charge in [0.1, 0.15) is 11.4 Å². The van der Waals surface area contributed by atoms with E-state index in [1.807, 2.05) is 12.1 Å². The molecule has 5 N–H and O–H groups in total. The van der Waals surface area contributed by atoms with Gasteiger partial charge in [-0.05, 0) is 11.1 Å². The van der Waals surface area contributed by atoms with Crippen molar-refractivity contribution in [3.05, 3.63) is 77.2 Å². The van der Waals surface area contributed by atoms with Crippen LogP contribution in [0.3, 0.4) is 0 Å². The van der Waals surface area contributed by atoms with Crippen molar-refractivity contribution in [2.24, 2.45) is 11.5 Å². The average molecular weight is 346 g/mol. The number of benzene rings is 2. The summed E-state index contributed by atoms with van der Waals surface area (Å²) in [5.41, 5.74) is 12.7. The second-order valence-corrected chi connectivity index (χ2v) is 7.14. The molecule has 0 aliphatic carbocycles. The number of rotatable bonds is 6. The molecule has 7 heteroatoms. The van der Waals surface area contributed by atoms with E-state index in [1.165, 1.54) is 0 Å². The number of sulfone groups is 1. The molecule has 0 saturated heterocycles. The van der Waals surface area contributed by atoms with Gasteiger partial charge in [0.05, 0.1) is 0 Å². The van der Waals surface area contributed by atoms with Gasteiger partial charge in [-0.1, -0.05) is 60.7 Å². The van der Waals surface area contributed by atoms with Crippen molar-refractivity contribution >= 4 is 21.4 Å². The van der Waals surface area contributed by atoms with Gasteiger partial charge in [-0.2, -0.15) is 0 Å². The Labute approximate surface area is 140 Å². The maximum absolute atomic E-state index is 12.5. The van der Waals surface area contributed by atoms with Crippen LogP contribution >= 0.6 is 0 Å². The van der Waals surface area contributed by atoms with E-state index in [1.54, 1.807) is 48.5 Å². The summed E-state index contributed by atoms with van der Waals surface area (Å²) >= 11 is 0. The number of aliphatic carboxylic acids is 1. The molecule has 2 rings (SSSR count). The molecule has 0 spiro atoms. The summed E-state index contributed by atoms with van der Waals surface area (Å²) in [6.07, 6.45) is 0. The molecule has 0 heterocycles. The van der Waals surface area contributed by atoms with Crippen molar-refractivity contribution in [3.8, 4) is 0 Å². The van der Waals surface area contributed by atoms with Crippen molar-refractivity contribution in [2.75, 3.05) is 0 Å². The highest BCUT2D eigenvalue weighted by Gasteiger charge is 2.31. The Bertz CT molecular complexity index is 792. The third-order valence-electron chi connectivity index (χ3n) is 3.47. The van der Waals surface area contributed by atoms with Crippen molar-refractivity contribution in [1.82, 2.24) is 0 Å². The Morgan fingerprint density at radius 3 is 1.71 bits per heavy atom. The van der Waals surface area contributed by atoms with Crippen LogP contribution in [0.2, 0.25) is 0 Å². The monoisotopic (exact) mass is 346 g/mol. The van der Waals surface area contributed by atoms with E-state index in [-0.39, 0.29) is 0 Å². The van der Waals surface area contributed by atoms with Gasteiger partial charge in [0.2, 0.25) is 0 Å². The van der Waals surface area contributed by atoms with Crippen LogP contribution in [0.4, 0.5) is 0 Å². The fourth-order valence-electron chi connectivity index (χ4n) is 2.13. The van der Waals surface area contributed by atoms with Gasteiger partial charge in [-0.25, -0.2) is 8.42 Å². The second-order valence-electron chi connectivity index (χ2n) is 5.18. The third-order valence-corrected chi connectivity index (χ3v) is 5.09. The highest BCUT2D eigenvalue weighted by Crippen LogP contribution is 2.25. The van der Waals surface area contributed by atoms with Crippen molar-refractivity contribution in [2.45, 2.75) is 11.4 Å². The lowest BCUT2D eigenvalue weighted by atomic mass is 10.00. The van der Waals surface area contributed by atoms with Crippen LogP contribution in [-0.4, -0.2) is 30.9 Å². The van der Waals surface area contributed by atoms with Crippen molar-refractivity contribution in [3.63, 3.8) is 0 Å². The first-order valence-corrected chi connectivity index (χ1v) is 8.74. The van der Waals surface area contributed by atoms with Crippen LogP contribution in [-0.2, 0) is 14.6 Å². The van der Waals surface area contributed by atoms with Crippen LogP contribution < -0.4 is 11.5 Å². The summed E-state index contributed by atoms with van der Waals surface area (Å²) in [6.45, 7) is 0. The molecule has 2 aromatic carbocycles. The Morgan fingerprint density at radius 2 is 1.33 bits per heavy atom. The maximum atomic E-state index is 12.5. The molecular formula is C17H18N2O4S. The van der Waals surface area contributed by atoms with E-state index in [2.05, 4.69) is 0 Å². The molecule has 2 unspecified atom stereocenters. The summed E-state index contributed by atoms with van der Waals surface area (Å²) in [5, 5.41) is 8.15. The van der Waals surface area contributed by atoms with Crippen LogP contribution in [0.1, 0.15) is 11.1 Å². The molecule has 2 aromatic rings. The molecule has 24 heavy (non-hydrogen) atoms. The molecule has 0 aliphatic rings. The Morgan fingerprint density at radius 1 is 0.917 bits per heavy atom. The molecule has 0 radical (unpaired) electrons. The average Bonchev–Trinajstić information content (AvgIpc) is 2.59. The van der Waals surface area contributed by atoms with Crippen molar-refractivity contribution in [1.29, 1.82) is 0 Å². The SMILES string of the molecule is NC(C(=O)O)C(N)S(=O)(=O)C=C(c1ccccc1)c1ccccc1. The van der Waals surface area contributed by atoms with Crippen LogP contribution in [0.25, 0.3) is 5.57 Å². The Hall–Kier alpha value is -2.48. The fourth-order valence-corrected chi connectivity index (χ4v) is 3.41. The van der Waals surface area contributed by atoms with Crippen LogP contribution in [0.15, 0.2) is 66.1 Å². The molecule has 0 fully saturated rings. The minimum atomic E-state index is -4.09. The van der Waals surface area contributed by atoms with E-state index in [0.29, 0.717) is 16.7 Å². The predicted octanol–water partition coefficient (Wildman–Crippen LogP) is 1.19. The standard InChI is InChI=1S/C17H18N2O4S/c18-15(17(20)21)16(19)24(22,23)11-14(12-7-3-1-4-8-12)13-9-5-2-6-10-13/h1-11,15-16H,18-19H2,(H,20,21). The van der Waals surface area contributed by atoms with Crippen LogP contribution in [0.5, 0.6) is 0 Å². The van der Waals surface area contributed by atoms with Crippen molar-refractivity contribution < 1.29 is 18.3 Å². The normalized spacial score (nSPS) is 13.8. The van der Waals surface area contributed by atoms with Gasteiger partial charge in [0, 0.05) is 11.0 Å². The van der Waals surface area contributed by atoms with E-state index < -0.39 is 27.2 Å². The minimum absolute atomic E-state index is 0.421. The number of hydrogen-bond acceptors (Lipinski definition) is 5. The summed E-state index contributed by atoms with van der Waals surface area (Å²) in [4.78, 5) is 10.9. The maximum Gasteiger partial charge on any atom is 0.323 e. The topological polar surface area (TPSA) is 123 Å². The smallest absolute Gasteiger partial charge is 0.323 e. The first-order valence-electron chi connectivity index (χ1n) is 7.13. The Kier molecular flexibility index (Phi) is 5.50. The second kappa shape index (κ2) is 7.39. The first-order chi connectivity index (χ1) is 11.3. The summed E-state index contributed by atoms with van der Waals surface area (Å²) < 4.78 is 25.0. The number of carboxylic acid groups (broad SMARTS) is 1. The molecule has 0 bridgehead atoms. The molecule has 126 valence electrons. The molecular weight excluding hydrogens is 328 g/mol. The number of carbonyl (C=O) groups is 1. The molecule has 0 aliphatic heterocycles. The van der Waals surface area contributed by atoms with Gasteiger partial charge in [-0.15, -0.1) is 0 Å². The molecule has 0 saturated carbocycles. The van der Waals surface area contributed by atoms with Gasteiger partial charge in [0.15, 0.2) is 9.84 Å². The Balaban J connectivity index is 2.55. The zero-order valence-electron chi connectivity index (χ0n) is 12.7. The molecule has 0 aromatic heterocycles. The highest BCUT2D eigenvalue weighted by molar-refractivity contribution is 7.95. The van der Waals surface area contributed by atoms with E-state index in [9.17, 15) is 13.2 Å². The van der Waals surface area contributed by atoms with Crippen LogP contribution in [0, 0.1) is 0 Å². The number of carboxylic acids is 1. The predicted molar refractivity (Wildman–Crippen MR) is 92.5 cm³/mol. The third kappa shape index (κ3) is 4.08. The molecule has 0 amide bonds. The van der Waals surface area contributed by atoms with Gasteiger partial charge >= 0.3 is 5.97 Å². The lowest BCUT2D eigenvalue weighted by Crippen LogP contribution is -2.50. The zero-order valence-corrected chi connectivity index (χ0v) is 13.6. The molecule has 6 nitrogen and oxygen atoms in total. The number of nitrogens with two attached hydrogens (primary N) is 2. The summed E-state index contributed by atoms with van der Waals surface area (Å²) in [7, 11) is -4.09. The number of hydrogen-bond donors (Lipinski definition) is 3. The first kappa shape index (κ1) is 17.9. The van der Waals surface area contributed by atoms with Gasteiger partial charge < -0.3 is 16.6 Å². The van der Waals surface area contributed by atoms with Gasteiger partial charge in [-0.3, -0.25) is 4.79 Å². The van der Waals surface area contributed by atoms with E-state index in [0.717, 1.165) is 5.41 Å². The lowest BCUT2D eigenvalue weighted by Gasteiger charge is -2.16. The van der Waals surface area contributed by atoms with Gasteiger partial charge in [0.25, 0.3) is 0 Å². The minimum Gasteiger partial charge on any atom is -0.480 e. The fraction of sp³-hybridized carbons (Fsp3) is 0.118. The van der Waals surface area contributed by atoms with E-state index in [4.69, 9.17) is 16.6 Å².